The monoisotopic (exact) mass is 257 g/mol. The second kappa shape index (κ2) is 7.24. The van der Waals surface area contributed by atoms with Gasteiger partial charge in [-0.2, -0.15) is 0 Å². The molecule has 94 valence electrons. The number of hydrogen-bond donors (Lipinski definition) is 1. The van der Waals surface area contributed by atoms with Gasteiger partial charge in [-0.15, -0.1) is 11.8 Å². The molecule has 0 bridgehead atoms. The number of hydrogen-bond acceptors (Lipinski definition) is 2. The van der Waals surface area contributed by atoms with Crippen LogP contribution >= 0.6 is 11.8 Å². The minimum atomic E-state index is 0.938. The van der Waals surface area contributed by atoms with Crippen LogP contribution in [0.4, 0.5) is 0 Å². The molecular formula is C16H19NS. The molecule has 0 amide bonds. The van der Waals surface area contributed by atoms with Gasteiger partial charge in [0.2, 0.25) is 0 Å². The lowest BCUT2D eigenvalue weighted by Gasteiger charge is -2.05. The van der Waals surface area contributed by atoms with E-state index >= 15 is 0 Å². The molecule has 0 atom stereocenters. The normalized spacial score (nSPS) is 10.5. The number of benzene rings is 2. The van der Waals surface area contributed by atoms with Gasteiger partial charge in [0, 0.05) is 17.2 Å². The summed E-state index contributed by atoms with van der Waals surface area (Å²) >= 11 is 1.93. The van der Waals surface area contributed by atoms with Gasteiger partial charge in [0.05, 0.1) is 0 Å². The van der Waals surface area contributed by atoms with Crippen molar-refractivity contribution in [3.05, 3.63) is 65.7 Å². The van der Waals surface area contributed by atoms with Crippen molar-refractivity contribution >= 4 is 11.8 Å². The Hall–Kier alpha value is -1.25. The summed E-state index contributed by atoms with van der Waals surface area (Å²) in [5, 5.41) is 3.18. The van der Waals surface area contributed by atoms with Crippen molar-refractivity contribution in [1.82, 2.24) is 5.32 Å². The first kappa shape index (κ1) is 13.2. The molecule has 1 nitrogen and oxygen atoms in total. The molecule has 0 aliphatic carbocycles. The van der Waals surface area contributed by atoms with Crippen molar-refractivity contribution in [2.45, 2.75) is 17.9 Å². The third-order valence-electron chi connectivity index (χ3n) is 2.78. The van der Waals surface area contributed by atoms with Gasteiger partial charge in [-0.3, -0.25) is 0 Å². The molecule has 1 N–H and O–H groups in total. The highest BCUT2D eigenvalue weighted by atomic mass is 32.2. The summed E-state index contributed by atoms with van der Waals surface area (Å²) in [4.78, 5) is 1.36. The minimum Gasteiger partial charge on any atom is -0.316 e. The summed E-state index contributed by atoms with van der Waals surface area (Å²) in [6.45, 7) is 0.938. The molecule has 0 fully saturated rings. The number of aryl methyl sites for hydroxylation is 1. The second-order valence-electron chi connectivity index (χ2n) is 4.26. The molecule has 0 aliphatic heterocycles. The van der Waals surface area contributed by atoms with Crippen LogP contribution in [-0.4, -0.2) is 12.8 Å². The van der Waals surface area contributed by atoms with Crippen LogP contribution in [0.1, 0.15) is 11.1 Å². The van der Waals surface area contributed by atoms with Crippen LogP contribution < -0.4 is 5.32 Å². The summed E-state index contributed by atoms with van der Waals surface area (Å²) < 4.78 is 0. The third-order valence-corrected chi connectivity index (χ3v) is 3.78. The standard InChI is InChI=1S/C16H19NS/c1-17-13-15-8-5-9-16(12-15)18-11-10-14-6-3-2-4-7-14/h2-9,12,17H,10-11,13H2,1H3. The van der Waals surface area contributed by atoms with E-state index in [-0.39, 0.29) is 0 Å². The summed E-state index contributed by atoms with van der Waals surface area (Å²) in [7, 11) is 1.98. The highest BCUT2D eigenvalue weighted by Gasteiger charge is 1.97. The zero-order chi connectivity index (χ0) is 12.6. The van der Waals surface area contributed by atoms with Gasteiger partial charge in [0.15, 0.2) is 0 Å². The Balaban J connectivity index is 1.84. The fourth-order valence-corrected chi connectivity index (χ4v) is 2.86. The molecule has 18 heavy (non-hydrogen) atoms. The average Bonchev–Trinajstić information content (AvgIpc) is 2.41. The quantitative estimate of drug-likeness (QED) is 0.791. The Morgan fingerprint density at radius 2 is 1.72 bits per heavy atom. The van der Waals surface area contributed by atoms with Crippen LogP contribution in [-0.2, 0) is 13.0 Å². The summed E-state index contributed by atoms with van der Waals surface area (Å²) in [5.74, 6) is 1.13. The Labute approximate surface area is 114 Å². The molecule has 0 saturated heterocycles. The van der Waals surface area contributed by atoms with E-state index in [0.29, 0.717) is 0 Å². The lowest BCUT2D eigenvalue weighted by Crippen LogP contribution is -2.04. The van der Waals surface area contributed by atoms with Crippen LogP contribution in [0.2, 0.25) is 0 Å². The lowest BCUT2D eigenvalue weighted by atomic mass is 10.2. The first-order valence-electron chi connectivity index (χ1n) is 6.29. The number of rotatable bonds is 6. The molecule has 0 spiro atoms. The minimum absolute atomic E-state index is 0.938. The van der Waals surface area contributed by atoms with Gasteiger partial charge in [-0.25, -0.2) is 0 Å². The first-order chi connectivity index (χ1) is 8.88. The molecule has 0 radical (unpaired) electrons. The SMILES string of the molecule is CNCc1cccc(SCCc2ccccc2)c1. The summed E-state index contributed by atoms with van der Waals surface area (Å²) in [6.07, 6.45) is 1.13. The fourth-order valence-electron chi connectivity index (χ4n) is 1.88. The molecule has 2 aromatic rings. The highest BCUT2D eigenvalue weighted by molar-refractivity contribution is 7.99. The molecule has 2 heteroatoms. The van der Waals surface area contributed by atoms with E-state index in [9.17, 15) is 0 Å². The first-order valence-corrected chi connectivity index (χ1v) is 7.27. The summed E-state index contributed by atoms with van der Waals surface area (Å²) in [6, 6.07) is 19.4. The molecule has 0 aromatic heterocycles. The van der Waals surface area contributed by atoms with E-state index in [1.165, 1.54) is 16.0 Å². The fraction of sp³-hybridized carbons (Fsp3) is 0.250. The van der Waals surface area contributed by atoms with Crippen molar-refractivity contribution in [2.24, 2.45) is 0 Å². The van der Waals surface area contributed by atoms with Crippen LogP contribution in [0.25, 0.3) is 0 Å². The molecule has 0 aliphatic rings. The van der Waals surface area contributed by atoms with Crippen LogP contribution in [0.15, 0.2) is 59.5 Å². The molecule has 0 saturated carbocycles. The summed E-state index contributed by atoms with van der Waals surface area (Å²) in [5.41, 5.74) is 2.76. The lowest BCUT2D eigenvalue weighted by molar-refractivity contribution is 0.815. The third kappa shape index (κ3) is 4.21. The van der Waals surface area contributed by atoms with Gasteiger partial charge >= 0.3 is 0 Å². The van der Waals surface area contributed by atoms with Crippen LogP contribution in [0.5, 0.6) is 0 Å². The Morgan fingerprint density at radius 1 is 0.944 bits per heavy atom. The van der Waals surface area contributed by atoms with E-state index in [1.54, 1.807) is 0 Å². The van der Waals surface area contributed by atoms with E-state index < -0.39 is 0 Å². The smallest absolute Gasteiger partial charge is 0.0202 e. The molecule has 0 unspecified atom stereocenters. The van der Waals surface area contributed by atoms with Gasteiger partial charge in [-0.05, 0) is 36.7 Å². The predicted octanol–water partition coefficient (Wildman–Crippen LogP) is 3.74. The van der Waals surface area contributed by atoms with Crippen molar-refractivity contribution < 1.29 is 0 Å². The topological polar surface area (TPSA) is 12.0 Å². The van der Waals surface area contributed by atoms with Gasteiger partial charge < -0.3 is 5.32 Å². The Kier molecular flexibility index (Phi) is 5.31. The predicted molar refractivity (Wildman–Crippen MR) is 80.1 cm³/mol. The van der Waals surface area contributed by atoms with E-state index in [4.69, 9.17) is 0 Å². The van der Waals surface area contributed by atoms with E-state index in [0.717, 1.165) is 18.7 Å². The number of thioether (sulfide) groups is 1. The Morgan fingerprint density at radius 3 is 2.50 bits per heavy atom. The van der Waals surface area contributed by atoms with Gasteiger partial charge in [0.25, 0.3) is 0 Å². The maximum atomic E-state index is 3.18. The highest BCUT2D eigenvalue weighted by Crippen LogP contribution is 2.20. The Bertz CT molecular complexity index is 468. The van der Waals surface area contributed by atoms with Crippen LogP contribution in [0, 0.1) is 0 Å². The van der Waals surface area contributed by atoms with Crippen molar-refractivity contribution in [1.29, 1.82) is 0 Å². The zero-order valence-electron chi connectivity index (χ0n) is 10.7. The molecule has 2 rings (SSSR count). The van der Waals surface area contributed by atoms with E-state index in [1.807, 2.05) is 18.8 Å². The molecule has 0 heterocycles. The van der Waals surface area contributed by atoms with Crippen molar-refractivity contribution in [2.75, 3.05) is 12.8 Å². The average molecular weight is 257 g/mol. The van der Waals surface area contributed by atoms with Crippen LogP contribution in [0.3, 0.4) is 0 Å². The largest absolute Gasteiger partial charge is 0.316 e. The van der Waals surface area contributed by atoms with E-state index in [2.05, 4.69) is 59.9 Å². The van der Waals surface area contributed by atoms with Crippen molar-refractivity contribution in [3.8, 4) is 0 Å². The van der Waals surface area contributed by atoms with Gasteiger partial charge in [-0.1, -0.05) is 42.5 Å². The van der Waals surface area contributed by atoms with Gasteiger partial charge in [0.1, 0.15) is 0 Å². The maximum Gasteiger partial charge on any atom is 0.0202 e. The van der Waals surface area contributed by atoms with Crippen molar-refractivity contribution in [3.63, 3.8) is 0 Å². The molecular weight excluding hydrogens is 238 g/mol. The zero-order valence-corrected chi connectivity index (χ0v) is 11.5. The molecule has 2 aromatic carbocycles. The number of nitrogens with one attached hydrogen (secondary N) is 1. The maximum absolute atomic E-state index is 3.18. The second-order valence-corrected chi connectivity index (χ2v) is 5.43.